The van der Waals surface area contributed by atoms with Crippen LogP contribution in [0.1, 0.15) is 71.6 Å². The Labute approximate surface area is 233 Å². The number of ketones is 2. The normalized spacial score (nSPS) is 38.0. The summed E-state index contributed by atoms with van der Waals surface area (Å²) in [7, 11) is 0. The number of carbonyl (C=O) groups excluding carboxylic acids is 5. The van der Waals surface area contributed by atoms with Crippen LogP contribution in [0.3, 0.4) is 0 Å². The third-order valence-electron chi connectivity index (χ3n) is 10.2. The van der Waals surface area contributed by atoms with Crippen molar-refractivity contribution in [3.8, 4) is 0 Å². The summed E-state index contributed by atoms with van der Waals surface area (Å²) in [5.41, 5.74) is -1.85. The number of Topliss-reactive ketones (excluding diaryl/α,β-unsaturated/α-hetero) is 1. The highest BCUT2D eigenvalue weighted by molar-refractivity contribution is 7.58. The number of rotatable bonds is 9. The van der Waals surface area contributed by atoms with Crippen LogP contribution in [0.4, 0.5) is 0 Å². The van der Waals surface area contributed by atoms with Crippen LogP contribution in [0.2, 0.25) is 0 Å². The van der Waals surface area contributed by atoms with Gasteiger partial charge in [-0.15, -0.1) is 0 Å². The van der Waals surface area contributed by atoms with Gasteiger partial charge in [-0.25, -0.2) is 0 Å². The molecule has 0 spiro atoms. The van der Waals surface area contributed by atoms with E-state index in [4.69, 9.17) is 4.74 Å². The molecule has 0 saturated heterocycles. The van der Waals surface area contributed by atoms with E-state index in [9.17, 15) is 39.3 Å². The van der Waals surface area contributed by atoms with Crippen molar-refractivity contribution in [2.75, 3.05) is 12.4 Å². The number of amides is 1. The molecule has 0 heterocycles. The Bertz CT molecular complexity index is 1090. The molecule has 1 amide bonds. The third kappa shape index (κ3) is 5.17. The molecule has 11 heteroatoms. The van der Waals surface area contributed by atoms with Crippen LogP contribution in [-0.4, -0.2) is 69.7 Å². The van der Waals surface area contributed by atoms with E-state index in [0.29, 0.717) is 19.3 Å². The van der Waals surface area contributed by atoms with Gasteiger partial charge < -0.3 is 42.8 Å². The van der Waals surface area contributed by atoms with Crippen molar-refractivity contribution in [2.45, 2.75) is 89.4 Å². The number of ether oxygens (including phenoxy) is 1. The second-order valence-corrected chi connectivity index (χ2v) is 12.5. The highest BCUT2D eigenvalue weighted by atomic mass is 32.1. The van der Waals surface area contributed by atoms with Gasteiger partial charge in [0.15, 0.2) is 12.4 Å². The van der Waals surface area contributed by atoms with Gasteiger partial charge in [-0.1, -0.05) is 19.4 Å². The van der Waals surface area contributed by atoms with Crippen molar-refractivity contribution in [3.63, 3.8) is 0 Å². The Balaban J connectivity index is 1.39. The molecule has 0 radical (unpaired) electrons. The number of fused-ring (bicyclic) bond motifs is 5. The summed E-state index contributed by atoms with van der Waals surface area (Å²) >= 11 is 4.64. The van der Waals surface area contributed by atoms with Crippen LogP contribution in [0, 0.1) is 28.6 Å². The fraction of sp³-hybridized carbons (Fsp3) is 0.750. The molecule has 216 valence electrons. The quantitative estimate of drug-likeness (QED) is 0.254. The molecule has 3 N–H and O–H groups in total. The first-order valence-electron chi connectivity index (χ1n) is 13.7. The minimum absolute atomic E-state index is 0.00342. The summed E-state index contributed by atoms with van der Waals surface area (Å²) in [6, 6.07) is -1.34. The zero-order chi connectivity index (χ0) is 28.8. The third-order valence-corrected chi connectivity index (χ3v) is 10.5. The fourth-order valence-corrected chi connectivity index (χ4v) is 8.36. The largest absolute Gasteiger partial charge is 0.790 e. The minimum atomic E-state index is -1.77. The van der Waals surface area contributed by atoms with E-state index >= 15 is 0 Å². The van der Waals surface area contributed by atoms with E-state index in [1.807, 2.05) is 6.92 Å². The number of aliphatic hydroxyl groups excluding tert-OH is 1. The summed E-state index contributed by atoms with van der Waals surface area (Å²) in [5.74, 6) is -3.81. The number of carboxylic acid groups (broad SMARTS) is 1. The molecule has 39 heavy (non-hydrogen) atoms. The summed E-state index contributed by atoms with van der Waals surface area (Å²) in [6.07, 6.45) is 4.00. The van der Waals surface area contributed by atoms with E-state index < -0.39 is 53.4 Å². The topological polar surface area (TPSA) is 170 Å². The summed E-state index contributed by atoms with van der Waals surface area (Å²) in [6.45, 7) is 3.32. The molecule has 0 aromatic carbocycles. The standard InChI is InChI=1S/C28H39NO9S/c1-26-9-7-16(30)11-15(26)3-4-17-18-8-10-28(37,27(18,2)12-20(31)24(17)26)21(32)13-38-23(34)6-5-22(33)29-19(14-39)25(35)36/h11,17-20,24,31,37,39H,3-10,12-14H2,1-2H3,(H,29,33)(H,35,36)/p-2/t17-,18+,19+,20-,24+,26-,27+,28-/m1/s1. The number of hydrogen-bond acceptors (Lipinski definition) is 10. The number of allylic oxidation sites excluding steroid dienone is 1. The number of carboxylic acids is 1. The van der Waals surface area contributed by atoms with Crippen LogP contribution in [0.15, 0.2) is 11.6 Å². The first kappa shape index (κ1) is 29.7. The summed E-state index contributed by atoms with van der Waals surface area (Å²) < 4.78 is 5.09. The molecular weight excluding hydrogens is 526 g/mol. The lowest BCUT2D eigenvalue weighted by Gasteiger charge is -2.60. The molecule has 0 aromatic heterocycles. The van der Waals surface area contributed by atoms with Gasteiger partial charge in [0.2, 0.25) is 11.7 Å². The molecule has 0 unspecified atom stereocenters. The zero-order valence-corrected chi connectivity index (χ0v) is 23.2. The average Bonchev–Trinajstić information content (AvgIpc) is 3.15. The lowest BCUT2D eigenvalue weighted by atomic mass is 9.45. The Kier molecular flexibility index (Phi) is 8.36. The monoisotopic (exact) mass is 563 g/mol. The number of nitrogens with one attached hydrogen (secondary N) is 1. The molecule has 0 aromatic rings. The first-order valence-corrected chi connectivity index (χ1v) is 14.3. The molecule has 3 fully saturated rings. The lowest BCUT2D eigenvalue weighted by Crippen LogP contribution is -2.62. The van der Waals surface area contributed by atoms with Gasteiger partial charge in [0.05, 0.1) is 18.5 Å². The number of aliphatic carboxylic acids is 1. The van der Waals surface area contributed by atoms with Gasteiger partial charge in [-0.2, -0.15) is 5.75 Å². The smallest absolute Gasteiger partial charge is 0.306 e. The van der Waals surface area contributed by atoms with Gasteiger partial charge in [-0.05, 0) is 67.8 Å². The predicted octanol–water partition coefficient (Wildman–Crippen LogP) is -0.106. The van der Waals surface area contributed by atoms with Crippen LogP contribution < -0.4 is 10.4 Å². The van der Waals surface area contributed by atoms with Crippen LogP contribution in [0.25, 0.3) is 0 Å². The lowest BCUT2D eigenvalue weighted by molar-refractivity contribution is -0.307. The van der Waals surface area contributed by atoms with Gasteiger partial charge in [0.25, 0.3) is 0 Å². The highest BCUT2D eigenvalue weighted by Gasteiger charge is 2.68. The molecule has 4 aliphatic carbocycles. The minimum Gasteiger partial charge on any atom is -0.790 e. The van der Waals surface area contributed by atoms with Crippen molar-refractivity contribution in [1.82, 2.24) is 5.32 Å². The molecule has 0 aliphatic heterocycles. The van der Waals surface area contributed by atoms with Crippen LogP contribution >= 0.6 is 0 Å². The fourth-order valence-electron chi connectivity index (χ4n) is 8.14. The van der Waals surface area contributed by atoms with E-state index in [0.717, 1.165) is 18.4 Å². The van der Waals surface area contributed by atoms with Gasteiger partial charge >= 0.3 is 5.97 Å². The highest BCUT2D eigenvalue weighted by Crippen LogP contribution is 2.67. The maximum absolute atomic E-state index is 13.3. The number of esters is 1. The van der Waals surface area contributed by atoms with Crippen molar-refractivity contribution in [1.29, 1.82) is 0 Å². The second kappa shape index (κ2) is 11.0. The Morgan fingerprint density at radius 3 is 2.56 bits per heavy atom. The van der Waals surface area contributed by atoms with Crippen molar-refractivity contribution in [2.24, 2.45) is 28.6 Å². The Hall–Kier alpha value is -2.24. The van der Waals surface area contributed by atoms with Crippen LogP contribution in [-0.2, 0) is 41.3 Å². The summed E-state index contributed by atoms with van der Waals surface area (Å²) in [5, 5.41) is 36.2. The molecule has 8 atom stereocenters. The van der Waals surface area contributed by atoms with E-state index in [2.05, 4.69) is 24.9 Å². The SMILES string of the molecule is C[C@]12C[C@@H](O)[C@@H]3[C@H](CCC4=CC(=O)CC[C@]43C)[C@@H]1CC[C@@]2(O)C(=O)COC(=O)CCC(=O)N[C@@H](C[S-])C(=O)[O-]. The molecule has 4 aliphatic rings. The predicted molar refractivity (Wildman–Crippen MR) is 137 cm³/mol. The van der Waals surface area contributed by atoms with E-state index in [1.165, 1.54) is 0 Å². The first-order chi connectivity index (χ1) is 18.3. The van der Waals surface area contributed by atoms with Crippen molar-refractivity contribution >= 4 is 42.0 Å². The molecular formula is C28H37NO9S-2. The Morgan fingerprint density at radius 2 is 1.90 bits per heavy atom. The van der Waals surface area contributed by atoms with Crippen molar-refractivity contribution in [3.05, 3.63) is 11.6 Å². The van der Waals surface area contributed by atoms with Gasteiger partial charge in [-0.3, -0.25) is 19.2 Å². The average molecular weight is 564 g/mol. The van der Waals surface area contributed by atoms with E-state index in [-0.39, 0.29) is 60.4 Å². The molecule has 0 bridgehead atoms. The van der Waals surface area contributed by atoms with Gasteiger partial charge in [0.1, 0.15) is 5.60 Å². The van der Waals surface area contributed by atoms with Crippen molar-refractivity contribution < 1.29 is 44.0 Å². The van der Waals surface area contributed by atoms with Gasteiger partial charge in [0, 0.05) is 24.3 Å². The maximum atomic E-state index is 13.3. The zero-order valence-electron chi connectivity index (χ0n) is 22.4. The second-order valence-electron chi connectivity index (χ2n) is 12.2. The van der Waals surface area contributed by atoms with Crippen LogP contribution in [0.5, 0.6) is 0 Å². The molecule has 3 saturated carbocycles. The Morgan fingerprint density at radius 1 is 1.18 bits per heavy atom. The number of hydrogen-bond donors (Lipinski definition) is 3. The number of aliphatic hydroxyl groups is 2. The molecule has 4 rings (SSSR count). The summed E-state index contributed by atoms with van der Waals surface area (Å²) in [4.78, 5) is 60.3. The maximum Gasteiger partial charge on any atom is 0.306 e. The number of carbonyl (C=O) groups is 5. The van der Waals surface area contributed by atoms with E-state index in [1.54, 1.807) is 6.08 Å². The molecule has 10 nitrogen and oxygen atoms in total.